The van der Waals surface area contributed by atoms with Gasteiger partial charge in [-0.1, -0.05) is 11.8 Å². The lowest BCUT2D eigenvalue weighted by atomic mass is 10.1. The number of hydrogen-bond acceptors (Lipinski definition) is 10. The first-order valence-electron chi connectivity index (χ1n) is 11.7. The Hall–Kier alpha value is -4.62. The fourth-order valence-corrected chi connectivity index (χ4v) is 4.89. The molecule has 2 N–H and O–H groups in total. The van der Waals surface area contributed by atoms with E-state index in [-0.39, 0.29) is 40.4 Å². The van der Waals surface area contributed by atoms with Gasteiger partial charge in [-0.05, 0) is 49.4 Å². The Labute approximate surface area is 232 Å². The Kier molecular flexibility index (Phi) is 8.22. The van der Waals surface area contributed by atoms with Gasteiger partial charge in [0.15, 0.2) is 17.4 Å². The first-order chi connectivity index (χ1) is 19.3. The van der Waals surface area contributed by atoms with Crippen molar-refractivity contribution < 1.29 is 40.9 Å². The van der Waals surface area contributed by atoms with Crippen LogP contribution in [0.5, 0.6) is 11.5 Å². The van der Waals surface area contributed by atoms with E-state index < -0.39 is 33.5 Å². The molecule has 216 valence electrons. The van der Waals surface area contributed by atoms with E-state index in [1.165, 1.54) is 57.8 Å². The van der Waals surface area contributed by atoms with Gasteiger partial charge in [0, 0.05) is 19.5 Å². The zero-order valence-electron chi connectivity index (χ0n) is 22.0. The average molecular weight is 593 g/mol. The van der Waals surface area contributed by atoms with E-state index in [1.807, 2.05) is 0 Å². The number of nitrogens with one attached hydrogen (secondary N) is 1. The molecule has 1 aliphatic rings. The molecule has 0 unspecified atom stereocenters. The summed E-state index contributed by atoms with van der Waals surface area (Å²) in [5.74, 6) is -1.27. The highest BCUT2D eigenvalue weighted by molar-refractivity contribution is 7.93. The van der Waals surface area contributed by atoms with Crippen LogP contribution >= 0.6 is 0 Å². The number of halogens is 3. The number of anilines is 1. The normalized spacial score (nSPS) is 14.7. The van der Waals surface area contributed by atoms with Crippen molar-refractivity contribution in [1.82, 2.24) is 24.7 Å². The Bertz CT molecular complexity index is 1690. The van der Waals surface area contributed by atoms with Crippen molar-refractivity contribution in [1.29, 1.82) is 0 Å². The van der Waals surface area contributed by atoms with Crippen molar-refractivity contribution in [3.8, 4) is 17.2 Å². The number of aromatic hydroxyl groups is 1. The number of rotatable bonds is 10. The molecular weight excluding hydrogens is 569 g/mol. The molecule has 0 radical (unpaired) electrons. The number of aromatic nitrogens is 5. The van der Waals surface area contributed by atoms with Crippen LogP contribution in [-0.2, 0) is 19.5 Å². The van der Waals surface area contributed by atoms with Crippen LogP contribution in [0, 0.1) is 6.92 Å². The first-order valence-corrected chi connectivity index (χ1v) is 13.2. The molecule has 2 aromatic heterocycles. The van der Waals surface area contributed by atoms with Crippen LogP contribution in [0.25, 0.3) is 11.3 Å². The molecule has 0 saturated carbocycles. The molecule has 0 amide bonds. The van der Waals surface area contributed by atoms with Crippen LogP contribution in [0.2, 0.25) is 0 Å². The summed E-state index contributed by atoms with van der Waals surface area (Å²) in [7, 11) is -1.67. The number of hydrogen-bond donors (Lipinski definition) is 2. The van der Waals surface area contributed by atoms with Gasteiger partial charge in [-0.15, -0.1) is 23.4 Å². The summed E-state index contributed by atoms with van der Waals surface area (Å²) in [5.41, 5.74) is 5.45. The lowest BCUT2D eigenvalue weighted by molar-refractivity contribution is -0.303. The van der Waals surface area contributed by atoms with Gasteiger partial charge in [-0.25, -0.2) is 18.4 Å². The Morgan fingerprint density at radius 3 is 2.39 bits per heavy atom. The van der Waals surface area contributed by atoms with Gasteiger partial charge in [0.2, 0.25) is 16.0 Å². The molecule has 0 fully saturated rings. The van der Waals surface area contributed by atoms with Crippen LogP contribution in [0.15, 0.2) is 60.0 Å². The van der Waals surface area contributed by atoms with E-state index in [0.717, 1.165) is 16.2 Å². The molecule has 0 spiro atoms. The minimum atomic E-state index is -4.94. The second kappa shape index (κ2) is 11.5. The predicted octanol–water partition coefficient (Wildman–Crippen LogP) is 3.73. The zero-order valence-corrected chi connectivity index (χ0v) is 22.8. The average Bonchev–Trinajstić information content (AvgIpc) is 3.31. The standard InChI is InChI=1S/C25H23F3N6O6S/c1-14-12-29-22(30-13-14)21(39-4)15(2)41(36,37)33-24-32-31-23(16-8-10-17(11-9-16)40-25(26,27)28)34(24)20-18(35)6-5-7-19(20)38-3/h5-8,10,12-13,15,21,35H,1-4H3,(H,32,33)/t15-,21-/m0/s1. The fourth-order valence-electron chi connectivity index (χ4n) is 3.76. The summed E-state index contributed by atoms with van der Waals surface area (Å²) >= 11 is 0. The number of alkyl halides is 3. The molecule has 3 aromatic rings. The van der Waals surface area contributed by atoms with Crippen LogP contribution in [0.3, 0.4) is 0 Å². The SMILES string of the molecule is COc1cccc(O)c1-n1c(NS(=O)(=O)[C@@H](C)[C@H](OC)c2ncc(C)cn2)nnc1C1=C=C=C(OC(F)(F)F)C=C1. The number of ether oxygens (including phenoxy) is 3. The third-order valence-electron chi connectivity index (χ3n) is 5.73. The molecule has 16 heteroatoms. The van der Waals surface area contributed by atoms with Gasteiger partial charge in [-0.3, -0.25) is 9.29 Å². The highest BCUT2D eigenvalue weighted by Crippen LogP contribution is 2.37. The molecule has 12 nitrogen and oxygen atoms in total. The summed E-state index contributed by atoms with van der Waals surface area (Å²) < 4.78 is 82.9. The van der Waals surface area contributed by atoms with Crippen molar-refractivity contribution in [3.63, 3.8) is 0 Å². The number of methoxy groups -OCH3 is 2. The van der Waals surface area contributed by atoms with Crippen molar-refractivity contribution in [3.05, 3.63) is 77.2 Å². The maximum atomic E-state index is 13.5. The molecule has 1 aromatic carbocycles. The van der Waals surface area contributed by atoms with E-state index in [9.17, 15) is 26.7 Å². The number of aryl methyl sites for hydroxylation is 1. The molecule has 0 saturated heterocycles. The number of sulfonamides is 1. The smallest absolute Gasteiger partial charge is 0.506 e. The maximum absolute atomic E-state index is 13.5. The maximum Gasteiger partial charge on any atom is 0.573 e. The van der Waals surface area contributed by atoms with E-state index in [2.05, 4.69) is 41.1 Å². The predicted molar refractivity (Wildman–Crippen MR) is 138 cm³/mol. The number of phenolic OH excluding ortho intramolecular Hbond substituents is 1. The van der Waals surface area contributed by atoms with Crippen LogP contribution < -0.4 is 9.46 Å². The summed E-state index contributed by atoms with van der Waals surface area (Å²) in [6.45, 7) is 3.15. The number of nitrogens with zero attached hydrogens (tertiary/aromatic N) is 5. The van der Waals surface area contributed by atoms with Gasteiger partial charge in [0.1, 0.15) is 28.5 Å². The molecule has 0 aliphatic heterocycles. The number of phenols is 1. The summed E-state index contributed by atoms with van der Waals surface area (Å²) in [5, 5.41) is 17.4. The van der Waals surface area contributed by atoms with Crippen molar-refractivity contribution in [2.75, 3.05) is 18.9 Å². The largest absolute Gasteiger partial charge is 0.573 e. The summed E-state index contributed by atoms with van der Waals surface area (Å²) in [6.07, 6.45) is -0.827. The topological polar surface area (TPSA) is 151 Å². The second-order valence-corrected chi connectivity index (χ2v) is 10.6. The monoisotopic (exact) mass is 592 g/mol. The summed E-state index contributed by atoms with van der Waals surface area (Å²) in [4.78, 5) is 8.33. The number of para-hydroxylation sites is 1. The molecular formula is C25H23F3N6O6S. The van der Waals surface area contributed by atoms with E-state index >= 15 is 0 Å². The number of allylic oxidation sites excluding steroid dienone is 3. The Balaban J connectivity index is 1.83. The third-order valence-corrected chi connectivity index (χ3v) is 7.42. The van der Waals surface area contributed by atoms with Crippen molar-refractivity contribution in [2.24, 2.45) is 0 Å². The Morgan fingerprint density at radius 2 is 1.80 bits per heavy atom. The van der Waals surface area contributed by atoms with Gasteiger partial charge in [0.05, 0.1) is 12.7 Å². The minimum absolute atomic E-state index is 0.0404. The lowest BCUT2D eigenvalue weighted by Crippen LogP contribution is -2.33. The Morgan fingerprint density at radius 1 is 1.10 bits per heavy atom. The molecule has 1 aliphatic carbocycles. The molecule has 4 rings (SSSR count). The van der Waals surface area contributed by atoms with E-state index in [1.54, 1.807) is 6.92 Å². The van der Waals surface area contributed by atoms with Gasteiger partial charge < -0.3 is 19.3 Å². The fraction of sp³-hybridized carbons (Fsp3) is 0.280. The third kappa shape index (κ3) is 6.42. The van der Waals surface area contributed by atoms with Gasteiger partial charge in [-0.2, -0.15) is 0 Å². The van der Waals surface area contributed by atoms with E-state index in [0.29, 0.717) is 0 Å². The van der Waals surface area contributed by atoms with Crippen LogP contribution in [0.1, 0.15) is 30.2 Å². The van der Waals surface area contributed by atoms with Crippen molar-refractivity contribution >= 4 is 21.5 Å². The highest BCUT2D eigenvalue weighted by Gasteiger charge is 2.35. The van der Waals surface area contributed by atoms with Crippen LogP contribution in [-0.4, -0.2) is 64.1 Å². The number of benzene rings is 1. The quantitative estimate of drug-likeness (QED) is 0.333. The van der Waals surface area contributed by atoms with Gasteiger partial charge >= 0.3 is 6.36 Å². The van der Waals surface area contributed by atoms with Crippen LogP contribution in [0.4, 0.5) is 19.1 Å². The zero-order chi connectivity index (χ0) is 29.9. The summed E-state index contributed by atoms with van der Waals surface area (Å²) in [6, 6.07) is 4.29. The highest BCUT2D eigenvalue weighted by atomic mass is 32.2. The second-order valence-electron chi connectivity index (χ2n) is 8.55. The molecule has 41 heavy (non-hydrogen) atoms. The minimum Gasteiger partial charge on any atom is -0.506 e. The molecule has 2 heterocycles. The lowest BCUT2D eigenvalue weighted by Gasteiger charge is -2.22. The van der Waals surface area contributed by atoms with Crippen molar-refractivity contribution in [2.45, 2.75) is 31.6 Å². The van der Waals surface area contributed by atoms with E-state index in [4.69, 9.17) is 9.47 Å². The molecule has 0 bridgehead atoms. The first kappa shape index (κ1) is 29.4. The molecule has 2 atom stereocenters. The van der Waals surface area contributed by atoms with Gasteiger partial charge in [0.25, 0.3) is 0 Å².